The lowest BCUT2D eigenvalue weighted by Gasteiger charge is -2.37. The molecule has 1 atom stereocenters. The number of rotatable bonds is 10. The van der Waals surface area contributed by atoms with E-state index < -0.39 is 26.4 Å². The van der Waals surface area contributed by atoms with Gasteiger partial charge in [0.05, 0.1) is 14.2 Å². The second kappa shape index (κ2) is 11.5. The van der Waals surface area contributed by atoms with E-state index in [4.69, 9.17) is 18.6 Å². The SMILES string of the molecule is COc1c(C[C@H](NC(=O)OCc2ccccc2)C(=O)O)cc(O[Si](C)(C)C(C)(C)C)c(OC)c1C. The molecule has 0 aliphatic carbocycles. The maximum absolute atomic E-state index is 12.3. The number of hydrogen-bond acceptors (Lipinski definition) is 6. The average molecular weight is 504 g/mol. The molecule has 0 aliphatic heterocycles. The van der Waals surface area contributed by atoms with Gasteiger partial charge in [0.15, 0.2) is 5.75 Å². The normalized spacial score (nSPS) is 12.5. The van der Waals surface area contributed by atoms with Crippen molar-refractivity contribution in [3.8, 4) is 17.2 Å². The van der Waals surface area contributed by atoms with Gasteiger partial charge in [-0.15, -0.1) is 0 Å². The van der Waals surface area contributed by atoms with E-state index in [2.05, 4.69) is 39.2 Å². The van der Waals surface area contributed by atoms with E-state index in [-0.39, 0.29) is 18.1 Å². The molecule has 1 amide bonds. The van der Waals surface area contributed by atoms with E-state index in [1.54, 1.807) is 13.2 Å². The molecule has 2 N–H and O–H groups in total. The lowest BCUT2D eigenvalue weighted by molar-refractivity contribution is -0.139. The summed E-state index contributed by atoms with van der Waals surface area (Å²) in [4.78, 5) is 24.3. The topological polar surface area (TPSA) is 103 Å². The fraction of sp³-hybridized carbons (Fsp3) is 0.462. The Hall–Kier alpha value is -3.20. The number of carbonyl (C=O) groups excluding carboxylic acids is 1. The van der Waals surface area contributed by atoms with Crippen LogP contribution < -0.4 is 19.2 Å². The third-order valence-electron chi connectivity index (χ3n) is 6.31. The van der Waals surface area contributed by atoms with Gasteiger partial charge in [-0.3, -0.25) is 0 Å². The lowest BCUT2D eigenvalue weighted by Crippen LogP contribution is -2.44. The molecule has 0 aliphatic rings. The maximum Gasteiger partial charge on any atom is 0.408 e. The van der Waals surface area contributed by atoms with Crippen LogP contribution in [-0.2, 0) is 22.6 Å². The molecule has 0 heterocycles. The molecule has 0 bridgehead atoms. The molecule has 35 heavy (non-hydrogen) atoms. The third-order valence-corrected chi connectivity index (χ3v) is 10.7. The quantitative estimate of drug-likeness (QED) is 0.423. The van der Waals surface area contributed by atoms with Gasteiger partial charge in [-0.25, -0.2) is 9.59 Å². The molecule has 0 fully saturated rings. The number of ether oxygens (including phenoxy) is 3. The van der Waals surface area contributed by atoms with E-state index in [0.29, 0.717) is 28.4 Å². The molecular formula is C26H37NO7Si. The Kier molecular flexibility index (Phi) is 9.20. The van der Waals surface area contributed by atoms with Gasteiger partial charge >= 0.3 is 12.1 Å². The number of aliphatic carboxylic acids is 1. The summed E-state index contributed by atoms with van der Waals surface area (Å²) in [5.74, 6) is 0.361. The minimum absolute atomic E-state index is 0.0301. The molecule has 9 heteroatoms. The van der Waals surface area contributed by atoms with Gasteiger partial charge in [0, 0.05) is 17.5 Å². The number of amides is 1. The molecule has 2 rings (SSSR count). The molecule has 0 saturated carbocycles. The van der Waals surface area contributed by atoms with Crippen molar-refractivity contribution in [2.45, 2.75) is 64.9 Å². The van der Waals surface area contributed by atoms with Gasteiger partial charge in [-0.05, 0) is 36.7 Å². The second-order valence-corrected chi connectivity index (χ2v) is 14.6. The number of alkyl carbamates (subject to hydrolysis) is 1. The van der Waals surface area contributed by atoms with E-state index in [1.165, 1.54) is 7.11 Å². The van der Waals surface area contributed by atoms with Crippen molar-refractivity contribution in [1.29, 1.82) is 0 Å². The van der Waals surface area contributed by atoms with Crippen molar-refractivity contribution in [3.63, 3.8) is 0 Å². The van der Waals surface area contributed by atoms with E-state index in [0.717, 1.165) is 5.56 Å². The van der Waals surface area contributed by atoms with Crippen LogP contribution >= 0.6 is 0 Å². The minimum atomic E-state index is -2.22. The highest BCUT2D eigenvalue weighted by atomic mass is 28.4. The van der Waals surface area contributed by atoms with Crippen LogP contribution in [0.25, 0.3) is 0 Å². The Morgan fingerprint density at radius 1 is 1.06 bits per heavy atom. The van der Waals surface area contributed by atoms with Crippen LogP contribution in [0.2, 0.25) is 18.1 Å². The second-order valence-electron chi connectivity index (χ2n) is 9.89. The van der Waals surface area contributed by atoms with Crippen molar-refractivity contribution in [2.75, 3.05) is 14.2 Å². The van der Waals surface area contributed by atoms with E-state index in [1.807, 2.05) is 37.3 Å². The predicted octanol–water partition coefficient (Wildman–Crippen LogP) is 5.32. The molecule has 0 saturated heterocycles. The molecule has 0 unspecified atom stereocenters. The largest absolute Gasteiger partial charge is 0.541 e. The van der Waals surface area contributed by atoms with Crippen molar-refractivity contribution in [1.82, 2.24) is 5.32 Å². The Balaban J connectivity index is 2.32. The number of hydrogen-bond donors (Lipinski definition) is 2. The maximum atomic E-state index is 12.3. The summed E-state index contributed by atoms with van der Waals surface area (Å²) in [6.45, 7) is 12.5. The van der Waals surface area contributed by atoms with Crippen LogP contribution in [0.4, 0.5) is 4.79 Å². The molecule has 192 valence electrons. The van der Waals surface area contributed by atoms with E-state index in [9.17, 15) is 14.7 Å². The number of benzene rings is 2. The van der Waals surface area contributed by atoms with Crippen LogP contribution in [0.3, 0.4) is 0 Å². The van der Waals surface area contributed by atoms with Crippen molar-refractivity contribution in [2.24, 2.45) is 0 Å². The van der Waals surface area contributed by atoms with Gasteiger partial charge in [0.25, 0.3) is 8.32 Å². The van der Waals surface area contributed by atoms with Gasteiger partial charge < -0.3 is 29.1 Å². The zero-order valence-electron chi connectivity index (χ0n) is 21.9. The fourth-order valence-electron chi connectivity index (χ4n) is 3.34. The first-order valence-corrected chi connectivity index (χ1v) is 14.3. The summed E-state index contributed by atoms with van der Waals surface area (Å²) in [5, 5.41) is 12.2. The summed E-state index contributed by atoms with van der Waals surface area (Å²) in [6.07, 6.45) is -0.847. The monoisotopic (exact) mass is 503 g/mol. The number of carboxylic acids is 1. The zero-order chi connectivity index (χ0) is 26.4. The van der Waals surface area contributed by atoms with Crippen LogP contribution in [0.5, 0.6) is 17.2 Å². The highest BCUT2D eigenvalue weighted by Gasteiger charge is 2.40. The van der Waals surface area contributed by atoms with Crippen LogP contribution in [0.15, 0.2) is 36.4 Å². The molecule has 2 aromatic carbocycles. The van der Waals surface area contributed by atoms with Crippen LogP contribution in [0.1, 0.15) is 37.5 Å². The van der Waals surface area contributed by atoms with Crippen molar-refractivity contribution >= 4 is 20.4 Å². The third kappa shape index (κ3) is 7.14. The van der Waals surface area contributed by atoms with Gasteiger partial charge in [0.2, 0.25) is 0 Å². The van der Waals surface area contributed by atoms with Crippen molar-refractivity contribution in [3.05, 3.63) is 53.1 Å². The molecule has 0 aromatic heterocycles. The smallest absolute Gasteiger partial charge is 0.408 e. The summed E-state index contributed by atoms with van der Waals surface area (Å²) in [7, 11) is 0.846. The minimum Gasteiger partial charge on any atom is -0.541 e. The summed E-state index contributed by atoms with van der Waals surface area (Å²) >= 11 is 0. The first-order chi connectivity index (χ1) is 16.3. The Morgan fingerprint density at radius 3 is 2.17 bits per heavy atom. The highest BCUT2D eigenvalue weighted by molar-refractivity contribution is 6.74. The number of methoxy groups -OCH3 is 2. The highest BCUT2D eigenvalue weighted by Crippen LogP contribution is 2.44. The predicted molar refractivity (Wildman–Crippen MR) is 137 cm³/mol. The molecular weight excluding hydrogens is 466 g/mol. The first-order valence-electron chi connectivity index (χ1n) is 11.4. The van der Waals surface area contributed by atoms with Gasteiger partial charge in [0.1, 0.15) is 24.1 Å². The molecule has 0 radical (unpaired) electrons. The Labute approximate surface area is 208 Å². The standard InChI is InChI=1S/C26H37NO7Si/c1-17-22(31-5)19(15-21(23(17)32-6)34-35(7,8)26(2,3)4)14-20(24(28)29)27-25(30)33-16-18-12-10-9-11-13-18/h9-13,15,20H,14,16H2,1-8H3,(H,27,30)(H,28,29)/t20-/m0/s1. The first kappa shape index (κ1) is 28.0. The average Bonchev–Trinajstić information content (AvgIpc) is 2.77. The summed E-state index contributed by atoms with van der Waals surface area (Å²) in [6, 6.07) is 9.67. The fourth-order valence-corrected chi connectivity index (χ4v) is 4.35. The number of nitrogens with one attached hydrogen (secondary N) is 1. The zero-order valence-corrected chi connectivity index (χ0v) is 22.9. The molecule has 0 spiro atoms. The van der Waals surface area contributed by atoms with Crippen molar-refractivity contribution < 1.29 is 33.3 Å². The summed E-state index contributed by atoms with van der Waals surface area (Å²) in [5.41, 5.74) is 2.07. The lowest BCUT2D eigenvalue weighted by atomic mass is 10.0. The molecule has 8 nitrogen and oxygen atoms in total. The number of carboxylic acid groups (broad SMARTS) is 1. The number of carbonyl (C=O) groups is 2. The Bertz CT molecular complexity index is 1030. The van der Waals surface area contributed by atoms with Crippen LogP contribution in [-0.4, -0.2) is 45.7 Å². The van der Waals surface area contributed by atoms with Gasteiger partial charge in [-0.1, -0.05) is 51.1 Å². The Morgan fingerprint density at radius 2 is 1.66 bits per heavy atom. The van der Waals surface area contributed by atoms with Gasteiger partial charge in [-0.2, -0.15) is 0 Å². The van der Waals surface area contributed by atoms with E-state index >= 15 is 0 Å². The molecule has 2 aromatic rings. The van der Waals surface area contributed by atoms with Crippen LogP contribution in [0, 0.1) is 6.92 Å². The summed E-state index contributed by atoms with van der Waals surface area (Å²) < 4.78 is 23.0.